The second-order valence-electron chi connectivity index (χ2n) is 6.13. The third-order valence-electron chi connectivity index (χ3n) is 4.26. The maximum atomic E-state index is 12.8. The molecule has 0 aliphatic rings. The molecule has 1 heterocycles. The van der Waals surface area contributed by atoms with Gasteiger partial charge in [-0.15, -0.1) is 11.8 Å². The van der Waals surface area contributed by atoms with Gasteiger partial charge >= 0.3 is 0 Å². The summed E-state index contributed by atoms with van der Waals surface area (Å²) in [6, 6.07) is 13.1. The van der Waals surface area contributed by atoms with Crippen LogP contribution >= 0.6 is 35.0 Å². The number of hydrogen-bond acceptors (Lipinski definition) is 3. The lowest BCUT2D eigenvalue weighted by molar-refractivity contribution is 0.102. The van der Waals surface area contributed by atoms with Gasteiger partial charge in [-0.25, -0.2) is 0 Å². The molecule has 0 atom stereocenters. The van der Waals surface area contributed by atoms with E-state index in [1.807, 2.05) is 55.1 Å². The molecule has 2 aromatic carbocycles. The van der Waals surface area contributed by atoms with E-state index in [4.69, 9.17) is 23.2 Å². The van der Waals surface area contributed by atoms with Gasteiger partial charge in [-0.2, -0.15) is 5.10 Å². The van der Waals surface area contributed by atoms with Crippen molar-refractivity contribution < 1.29 is 4.79 Å². The van der Waals surface area contributed by atoms with Crippen molar-refractivity contribution in [1.29, 1.82) is 0 Å². The summed E-state index contributed by atoms with van der Waals surface area (Å²) in [7, 11) is 0. The molecule has 0 bridgehead atoms. The van der Waals surface area contributed by atoms with Crippen molar-refractivity contribution >= 4 is 46.6 Å². The van der Waals surface area contributed by atoms with E-state index in [0.717, 1.165) is 21.8 Å². The molecule has 0 saturated carbocycles. The Balaban J connectivity index is 1.85. The highest BCUT2D eigenvalue weighted by atomic mass is 35.5. The van der Waals surface area contributed by atoms with Crippen molar-refractivity contribution in [3.63, 3.8) is 0 Å². The van der Waals surface area contributed by atoms with Gasteiger partial charge in [0, 0.05) is 9.92 Å². The number of aryl methyl sites for hydroxylation is 1. The van der Waals surface area contributed by atoms with Crippen LogP contribution in [0.5, 0.6) is 0 Å². The standard InChI is InChI=1S/C20H19Cl2N3OS/c1-12-19(23-20(26)17-10-16(27-3)7-8-18(17)22)13(2)25(24-12)11-14-5-4-6-15(21)9-14/h4-10H,11H2,1-3H3,(H,23,26). The van der Waals surface area contributed by atoms with Gasteiger partial charge in [-0.05, 0) is 56.0 Å². The van der Waals surface area contributed by atoms with Gasteiger partial charge in [0.25, 0.3) is 5.91 Å². The number of nitrogens with zero attached hydrogens (tertiary/aromatic N) is 2. The van der Waals surface area contributed by atoms with E-state index in [1.54, 1.807) is 23.9 Å². The van der Waals surface area contributed by atoms with Crippen LogP contribution < -0.4 is 5.32 Å². The zero-order chi connectivity index (χ0) is 19.6. The van der Waals surface area contributed by atoms with Crippen LogP contribution in [-0.2, 0) is 6.54 Å². The highest BCUT2D eigenvalue weighted by molar-refractivity contribution is 7.98. The molecule has 1 aromatic heterocycles. The van der Waals surface area contributed by atoms with Crippen LogP contribution in [0, 0.1) is 13.8 Å². The van der Waals surface area contributed by atoms with Crippen molar-refractivity contribution in [3.05, 3.63) is 75.0 Å². The fraction of sp³-hybridized carbons (Fsp3) is 0.200. The summed E-state index contributed by atoms with van der Waals surface area (Å²) in [6.07, 6.45) is 1.96. The number of anilines is 1. The van der Waals surface area contributed by atoms with E-state index >= 15 is 0 Å². The molecule has 0 aliphatic carbocycles. The fourth-order valence-electron chi connectivity index (χ4n) is 2.83. The van der Waals surface area contributed by atoms with E-state index in [-0.39, 0.29) is 5.91 Å². The lowest BCUT2D eigenvalue weighted by atomic mass is 10.2. The molecular weight excluding hydrogens is 401 g/mol. The summed E-state index contributed by atoms with van der Waals surface area (Å²) in [5.74, 6) is -0.246. The first-order chi connectivity index (χ1) is 12.9. The molecule has 140 valence electrons. The van der Waals surface area contributed by atoms with E-state index in [1.165, 1.54) is 0 Å². The minimum absolute atomic E-state index is 0.246. The lowest BCUT2D eigenvalue weighted by Crippen LogP contribution is -2.14. The molecule has 0 aliphatic heterocycles. The quantitative estimate of drug-likeness (QED) is 0.529. The highest BCUT2D eigenvalue weighted by Crippen LogP contribution is 2.26. The first-order valence-corrected chi connectivity index (χ1v) is 10.3. The first-order valence-electron chi connectivity index (χ1n) is 8.32. The Hall–Kier alpha value is -1.95. The molecular formula is C20H19Cl2N3OS. The molecule has 0 radical (unpaired) electrons. The van der Waals surface area contributed by atoms with Crippen LogP contribution in [0.15, 0.2) is 47.4 Å². The van der Waals surface area contributed by atoms with Crippen LogP contribution in [0.1, 0.15) is 27.3 Å². The number of rotatable bonds is 5. The predicted octanol–water partition coefficient (Wildman–Crippen LogP) is 5.83. The minimum Gasteiger partial charge on any atom is -0.319 e. The van der Waals surface area contributed by atoms with Gasteiger partial charge in [0.05, 0.1) is 34.2 Å². The number of nitrogens with one attached hydrogen (secondary N) is 1. The van der Waals surface area contributed by atoms with Crippen molar-refractivity contribution in [2.75, 3.05) is 11.6 Å². The average molecular weight is 420 g/mol. The molecule has 3 rings (SSSR count). The Morgan fingerprint density at radius 2 is 1.96 bits per heavy atom. The summed E-state index contributed by atoms with van der Waals surface area (Å²) < 4.78 is 1.86. The Labute approximate surface area is 172 Å². The summed E-state index contributed by atoms with van der Waals surface area (Å²) in [6.45, 7) is 4.38. The maximum Gasteiger partial charge on any atom is 0.257 e. The molecule has 7 heteroatoms. The van der Waals surface area contributed by atoms with Crippen LogP contribution in [0.25, 0.3) is 0 Å². The zero-order valence-corrected chi connectivity index (χ0v) is 17.5. The maximum absolute atomic E-state index is 12.8. The van der Waals surface area contributed by atoms with Crippen LogP contribution in [0.3, 0.4) is 0 Å². The van der Waals surface area contributed by atoms with E-state index in [0.29, 0.717) is 27.8 Å². The largest absolute Gasteiger partial charge is 0.319 e. The SMILES string of the molecule is CSc1ccc(Cl)c(C(=O)Nc2c(C)nn(Cc3cccc(Cl)c3)c2C)c1. The van der Waals surface area contributed by atoms with Crippen molar-refractivity contribution in [3.8, 4) is 0 Å². The van der Waals surface area contributed by atoms with Gasteiger partial charge in [-0.1, -0.05) is 35.3 Å². The normalized spacial score (nSPS) is 10.9. The fourth-order valence-corrected chi connectivity index (χ4v) is 3.68. The second-order valence-corrected chi connectivity index (χ2v) is 7.86. The van der Waals surface area contributed by atoms with Gasteiger partial charge in [0.15, 0.2) is 0 Å². The molecule has 3 aromatic rings. The van der Waals surface area contributed by atoms with Gasteiger partial charge < -0.3 is 5.32 Å². The van der Waals surface area contributed by atoms with Crippen molar-refractivity contribution in [1.82, 2.24) is 9.78 Å². The van der Waals surface area contributed by atoms with E-state index < -0.39 is 0 Å². The first kappa shape index (κ1) is 19.8. The third-order valence-corrected chi connectivity index (χ3v) is 5.55. The number of amides is 1. The summed E-state index contributed by atoms with van der Waals surface area (Å²) in [4.78, 5) is 13.7. The number of halogens is 2. The third kappa shape index (κ3) is 4.49. The van der Waals surface area contributed by atoms with Gasteiger partial charge in [-0.3, -0.25) is 9.48 Å². The Morgan fingerprint density at radius 3 is 2.67 bits per heavy atom. The van der Waals surface area contributed by atoms with Crippen LogP contribution in [-0.4, -0.2) is 21.9 Å². The Bertz CT molecular complexity index is 1000. The molecule has 0 spiro atoms. The van der Waals surface area contributed by atoms with E-state index in [9.17, 15) is 4.79 Å². The molecule has 1 N–H and O–H groups in total. The summed E-state index contributed by atoms with van der Waals surface area (Å²) in [5.41, 5.74) is 3.82. The minimum atomic E-state index is -0.246. The summed E-state index contributed by atoms with van der Waals surface area (Å²) >= 11 is 13.8. The highest BCUT2D eigenvalue weighted by Gasteiger charge is 2.17. The lowest BCUT2D eigenvalue weighted by Gasteiger charge is -2.09. The van der Waals surface area contributed by atoms with Crippen LogP contribution in [0.4, 0.5) is 5.69 Å². The molecule has 0 saturated heterocycles. The van der Waals surface area contributed by atoms with Crippen molar-refractivity contribution in [2.45, 2.75) is 25.3 Å². The molecule has 0 unspecified atom stereocenters. The number of carbonyl (C=O) groups excluding carboxylic acids is 1. The monoisotopic (exact) mass is 419 g/mol. The molecule has 1 amide bonds. The summed E-state index contributed by atoms with van der Waals surface area (Å²) in [5, 5.41) is 8.63. The average Bonchev–Trinajstić information content (AvgIpc) is 2.89. The van der Waals surface area contributed by atoms with E-state index in [2.05, 4.69) is 10.4 Å². The zero-order valence-electron chi connectivity index (χ0n) is 15.2. The number of aromatic nitrogens is 2. The topological polar surface area (TPSA) is 46.9 Å². The predicted molar refractivity (Wildman–Crippen MR) is 113 cm³/mol. The second kappa shape index (κ2) is 8.38. The van der Waals surface area contributed by atoms with Crippen molar-refractivity contribution in [2.24, 2.45) is 0 Å². The Morgan fingerprint density at radius 1 is 1.19 bits per heavy atom. The molecule has 0 fully saturated rings. The number of carbonyl (C=O) groups is 1. The smallest absolute Gasteiger partial charge is 0.257 e. The molecule has 27 heavy (non-hydrogen) atoms. The number of benzene rings is 2. The molecule has 4 nitrogen and oxygen atoms in total. The Kier molecular flexibility index (Phi) is 6.15. The van der Waals surface area contributed by atoms with Gasteiger partial charge in [0.1, 0.15) is 0 Å². The van der Waals surface area contributed by atoms with Gasteiger partial charge in [0.2, 0.25) is 0 Å². The number of thioether (sulfide) groups is 1. The van der Waals surface area contributed by atoms with Crippen LogP contribution in [0.2, 0.25) is 10.0 Å². The number of hydrogen-bond donors (Lipinski definition) is 1.